The van der Waals surface area contributed by atoms with Gasteiger partial charge in [-0.3, -0.25) is 9.59 Å². The Hall–Kier alpha value is -0.810. The number of hydrogen-bond acceptors (Lipinski definition) is 3. The Morgan fingerprint density at radius 3 is 2.62 bits per heavy atom. The molecule has 0 aliphatic heterocycles. The zero-order chi connectivity index (χ0) is 12.3. The van der Waals surface area contributed by atoms with Crippen LogP contribution >= 0.6 is 11.6 Å². The Balaban J connectivity index is 2.51. The maximum atomic E-state index is 11.8. The second-order valence-corrected chi connectivity index (χ2v) is 4.84. The first-order valence-corrected chi connectivity index (χ1v) is 5.72. The van der Waals surface area contributed by atoms with Gasteiger partial charge in [0.1, 0.15) is 6.54 Å². The second kappa shape index (κ2) is 5.50. The van der Waals surface area contributed by atoms with Gasteiger partial charge in [0.25, 0.3) is 0 Å². The minimum absolute atomic E-state index is 0.0597. The number of alkyl halides is 1. The largest absolute Gasteiger partial charge is 0.480 e. The van der Waals surface area contributed by atoms with Crippen molar-refractivity contribution >= 4 is 23.5 Å². The molecule has 0 aromatic carbocycles. The van der Waals surface area contributed by atoms with Gasteiger partial charge in [-0.15, -0.1) is 11.6 Å². The quantitative estimate of drug-likeness (QED) is 0.702. The zero-order valence-corrected chi connectivity index (χ0v) is 9.98. The van der Waals surface area contributed by atoms with Crippen molar-refractivity contribution in [3.8, 4) is 0 Å². The minimum Gasteiger partial charge on any atom is -0.480 e. The third kappa shape index (κ3) is 3.35. The van der Waals surface area contributed by atoms with Crippen LogP contribution in [0.1, 0.15) is 19.3 Å². The summed E-state index contributed by atoms with van der Waals surface area (Å²) in [6.45, 7) is -0.270. The van der Waals surface area contributed by atoms with E-state index in [1.165, 1.54) is 11.9 Å². The van der Waals surface area contributed by atoms with Crippen LogP contribution in [0.25, 0.3) is 0 Å². The lowest BCUT2D eigenvalue weighted by Gasteiger charge is -2.31. The predicted molar refractivity (Wildman–Crippen MR) is 60.2 cm³/mol. The first-order chi connectivity index (χ1) is 7.41. The molecule has 0 aromatic heterocycles. The smallest absolute Gasteiger partial charge is 0.323 e. The normalized spacial score (nSPS) is 29.8. The lowest BCUT2D eigenvalue weighted by atomic mass is 9.85. The molecule has 0 radical (unpaired) electrons. The van der Waals surface area contributed by atoms with Crippen LogP contribution in [0.15, 0.2) is 0 Å². The summed E-state index contributed by atoms with van der Waals surface area (Å²) in [4.78, 5) is 23.6. The molecule has 0 heterocycles. The molecule has 3 unspecified atom stereocenters. The number of carbonyl (C=O) groups excluding carboxylic acids is 1. The lowest BCUT2D eigenvalue weighted by molar-refractivity contribution is -0.145. The second-order valence-electron chi connectivity index (χ2n) is 4.28. The van der Waals surface area contributed by atoms with Crippen molar-refractivity contribution < 1.29 is 14.7 Å². The maximum Gasteiger partial charge on any atom is 0.323 e. The van der Waals surface area contributed by atoms with Crippen molar-refractivity contribution in [3.63, 3.8) is 0 Å². The molecular formula is C10H17ClN2O3. The summed E-state index contributed by atoms with van der Waals surface area (Å²) in [6, 6.07) is -0.0597. The van der Waals surface area contributed by atoms with Gasteiger partial charge in [-0.2, -0.15) is 0 Å². The van der Waals surface area contributed by atoms with Gasteiger partial charge in [-0.1, -0.05) is 0 Å². The molecule has 1 fully saturated rings. The van der Waals surface area contributed by atoms with Crippen LogP contribution in [0.5, 0.6) is 0 Å². The molecule has 0 bridgehead atoms. The maximum absolute atomic E-state index is 11.8. The number of nitrogens with zero attached hydrogens (tertiary/aromatic N) is 1. The fraction of sp³-hybridized carbons (Fsp3) is 0.800. The average Bonchev–Trinajstić information content (AvgIpc) is 2.20. The highest BCUT2D eigenvalue weighted by atomic mass is 35.5. The van der Waals surface area contributed by atoms with Crippen molar-refractivity contribution in [1.82, 2.24) is 4.90 Å². The number of likely N-dealkylation sites (N-methyl/N-ethyl adjacent to an activating group) is 1. The molecule has 0 aromatic rings. The van der Waals surface area contributed by atoms with Crippen LogP contribution in [0.2, 0.25) is 0 Å². The summed E-state index contributed by atoms with van der Waals surface area (Å²) >= 11 is 6.00. The van der Waals surface area contributed by atoms with E-state index >= 15 is 0 Å². The molecule has 1 aliphatic rings. The van der Waals surface area contributed by atoms with E-state index in [9.17, 15) is 9.59 Å². The molecule has 1 aliphatic carbocycles. The Labute approximate surface area is 99.5 Å². The van der Waals surface area contributed by atoms with E-state index in [2.05, 4.69) is 0 Å². The Morgan fingerprint density at radius 1 is 1.50 bits per heavy atom. The van der Waals surface area contributed by atoms with Crippen molar-refractivity contribution in [2.24, 2.45) is 11.7 Å². The summed E-state index contributed by atoms with van der Waals surface area (Å²) in [5.74, 6) is -1.35. The Morgan fingerprint density at radius 2 is 2.12 bits per heavy atom. The van der Waals surface area contributed by atoms with Crippen molar-refractivity contribution in [2.75, 3.05) is 13.6 Å². The molecule has 3 atom stereocenters. The van der Waals surface area contributed by atoms with E-state index in [1.54, 1.807) is 0 Å². The molecule has 0 spiro atoms. The monoisotopic (exact) mass is 248 g/mol. The zero-order valence-electron chi connectivity index (χ0n) is 9.23. The van der Waals surface area contributed by atoms with Gasteiger partial charge in [0, 0.05) is 24.4 Å². The highest BCUT2D eigenvalue weighted by Gasteiger charge is 2.32. The van der Waals surface area contributed by atoms with E-state index < -0.39 is 5.97 Å². The number of rotatable bonds is 3. The number of carboxylic acid groups (broad SMARTS) is 1. The van der Waals surface area contributed by atoms with Gasteiger partial charge in [-0.05, 0) is 19.3 Å². The van der Waals surface area contributed by atoms with Crippen molar-refractivity contribution in [1.29, 1.82) is 0 Å². The molecule has 92 valence electrons. The standard InChI is InChI=1S/C10H17ClN2O3/c1-13(5-9(14)15)10(16)6-2-3-8(12)7(11)4-6/h6-8H,2-5,12H2,1H3,(H,14,15). The SMILES string of the molecule is CN(CC(=O)O)C(=O)C1CCC(N)C(Cl)C1. The molecule has 1 saturated carbocycles. The van der Waals surface area contributed by atoms with E-state index in [-0.39, 0.29) is 29.8 Å². The molecule has 3 N–H and O–H groups in total. The molecular weight excluding hydrogens is 232 g/mol. The Kier molecular flexibility index (Phi) is 4.56. The number of nitrogens with two attached hydrogens (primary N) is 1. The van der Waals surface area contributed by atoms with Gasteiger partial charge in [-0.25, -0.2) is 0 Å². The predicted octanol–water partition coefficient (Wildman–Crippen LogP) is 0.264. The van der Waals surface area contributed by atoms with Gasteiger partial charge < -0.3 is 15.7 Å². The number of amides is 1. The van der Waals surface area contributed by atoms with E-state index in [0.717, 1.165) is 0 Å². The Bertz CT molecular complexity index is 285. The summed E-state index contributed by atoms with van der Waals surface area (Å²) < 4.78 is 0. The average molecular weight is 249 g/mol. The van der Waals surface area contributed by atoms with E-state index in [4.69, 9.17) is 22.4 Å². The van der Waals surface area contributed by atoms with E-state index in [1.807, 2.05) is 0 Å². The lowest BCUT2D eigenvalue weighted by Crippen LogP contribution is -2.43. The third-order valence-electron chi connectivity index (χ3n) is 2.92. The van der Waals surface area contributed by atoms with E-state index in [0.29, 0.717) is 19.3 Å². The molecule has 5 nitrogen and oxygen atoms in total. The van der Waals surface area contributed by atoms with Gasteiger partial charge in [0.2, 0.25) is 5.91 Å². The number of carboxylic acids is 1. The van der Waals surface area contributed by atoms with Crippen molar-refractivity contribution in [3.05, 3.63) is 0 Å². The summed E-state index contributed by atoms with van der Waals surface area (Å²) in [6.07, 6.45) is 1.93. The topological polar surface area (TPSA) is 83.6 Å². The van der Waals surface area contributed by atoms with Crippen LogP contribution in [-0.4, -0.2) is 46.9 Å². The molecule has 1 rings (SSSR count). The van der Waals surface area contributed by atoms with Gasteiger partial charge in [0.15, 0.2) is 0 Å². The number of halogens is 1. The summed E-state index contributed by atoms with van der Waals surface area (Å²) in [7, 11) is 1.49. The minimum atomic E-state index is -1.01. The fourth-order valence-corrected chi connectivity index (χ4v) is 2.30. The number of hydrogen-bond donors (Lipinski definition) is 2. The molecule has 16 heavy (non-hydrogen) atoms. The first-order valence-electron chi connectivity index (χ1n) is 5.28. The van der Waals surface area contributed by atoms with Crippen LogP contribution in [-0.2, 0) is 9.59 Å². The molecule has 0 saturated heterocycles. The van der Waals surface area contributed by atoms with Crippen LogP contribution in [0.4, 0.5) is 0 Å². The summed E-state index contributed by atoms with van der Waals surface area (Å²) in [5, 5.41) is 8.39. The molecule has 1 amide bonds. The highest BCUT2D eigenvalue weighted by Crippen LogP contribution is 2.28. The first kappa shape index (κ1) is 13.3. The van der Waals surface area contributed by atoms with Crippen LogP contribution < -0.4 is 5.73 Å². The third-order valence-corrected chi connectivity index (χ3v) is 3.42. The van der Waals surface area contributed by atoms with Crippen molar-refractivity contribution in [2.45, 2.75) is 30.7 Å². The number of carbonyl (C=O) groups is 2. The van der Waals surface area contributed by atoms with Crippen LogP contribution in [0, 0.1) is 5.92 Å². The summed E-state index contributed by atoms with van der Waals surface area (Å²) in [5.41, 5.74) is 5.75. The van der Waals surface area contributed by atoms with Crippen LogP contribution in [0.3, 0.4) is 0 Å². The molecule has 6 heteroatoms. The highest BCUT2D eigenvalue weighted by molar-refractivity contribution is 6.21. The van der Waals surface area contributed by atoms with Gasteiger partial charge >= 0.3 is 5.97 Å². The fourth-order valence-electron chi connectivity index (χ4n) is 1.96. The number of aliphatic carboxylic acids is 1. The van der Waals surface area contributed by atoms with Gasteiger partial charge in [0.05, 0.1) is 0 Å².